The molecule has 2 saturated carbocycles. The van der Waals surface area contributed by atoms with E-state index in [4.69, 9.17) is 10.5 Å². The Morgan fingerprint density at radius 3 is 2.37 bits per heavy atom. The molecule has 2 aliphatic rings. The predicted molar refractivity (Wildman–Crippen MR) is 142 cm³/mol. The number of nitrogens with zero attached hydrogens (tertiary/aromatic N) is 3. The maximum Gasteiger partial charge on any atom is 0.272 e. The summed E-state index contributed by atoms with van der Waals surface area (Å²) in [4.78, 5) is 16.7. The Bertz CT molecular complexity index is 1110. The largest absolute Gasteiger partial charge is 0.394 e. The molecule has 35 heavy (non-hydrogen) atoms. The number of anilines is 1. The van der Waals surface area contributed by atoms with Gasteiger partial charge in [0.2, 0.25) is 5.95 Å². The number of carbonyl (C=O) groups is 1. The molecule has 0 saturated heterocycles. The fourth-order valence-electron chi connectivity index (χ4n) is 4.31. The molecule has 0 aliphatic heterocycles. The number of hydrogen-bond acceptors (Lipinski definition) is 5. The van der Waals surface area contributed by atoms with E-state index in [1.165, 1.54) is 0 Å². The van der Waals surface area contributed by atoms with Crippen LogP contribution in [0.15, 0.2) is 23.4 Å². The molecule has 2 aromatic rings. The minimum Gasteiger partial charge on any atom is -0.394 e. The van der Waals surface area contributed by atoms with Gasteiger partial charge in [0.25, 0.3) is 5.91 Å². The number of hydrogen-bond donors (Lipinski definition) is 2. The van der Waals surface area contributed by atoms with Crippen molar-refractivity contribution < 1.29 is 13.9 Å². The van der Waals surface area contributed by atoms with E-state index in [0.717, 1.165) is 43.0 Å². The van der Waals surface area contributed by atoms with Gasteiger partial charge in [-0.2, -0.15) is 9.49 Å². The highest BCUT2D eigenvalue weighted by Gasteiger charge is 2.39. The Morgan fingerprint density at radius 1 is 1.20 bits per heavy atom. The van der Waals surface area contributed by atoms with Crippen LogP contribution in [0.5, 0.6) is 0 Å². The summed E-state index contributed by atoms with van der Waals surface area (Å²) in [7, 11) is -1.16. The highest BCUT2D eigenvalue weighted by Crippen LogP contribution is 2.49. The van der Waals surface area contributed by atoms with E-state index in [-0.39, 0.29) is 23.9 Å². The Balaban J connectivity index is 0.00000342. The van der Waals surface area contributed by atoms with Crippen LogP contribution in [0, 0.1) is 31.6 Å². The van der Waals surface area contributed by atoms with Gasteiger partial charge in [0.1, 0.15) is 12.5 Å². The van der Waals surface area contributed by atoms with Gasteiger partial charge in [-0.15, -0.1) is 12.4 Å². The molecule has 0 spiro atoms. The summed E-state index contributed by atoms with van der Waals surface area (Å²) in [6, 6.07) is 4.32. The summed E-state index contributed by atoms with van der Waals surface area (Å²) in [6.45, 7) is 11.7. The third-order valence-corrected chi connectivity index (χ3v) is 8.25. The monoisotopic (exact) mass is 521 g/mol. The Labute approximate surface area is 214 Å². The van der Waals surface area contributed by atoms with Crippen LogP contribution in [0.1, 0.15) is 37.1 Å². The molecule has 3 N–H and O–H groups in total. The summed E-state index contributed by atoms with van der Waals surface area (Å²) >= 11 is 0. The van der Waals surface area contributed by atoms with Crippen LogP contribution in [0.25, 0.3) is 11.1 Å². The number of allylic oxidation sites excluding steroid dienone is 1. The van der Waals surface area contributed by atoms with E-state index < -0.39 is 19.9 Å². The lowest BCUT2D eigenvalue weighted by Gasteiger charge is -2.15. The SMILES string of the molecule is Cc1nn(COCC[Si](C)(C)C)c(C)c1-c1ccc(NC(=O)C(N)=C(C2CC2)C2CC2)nc1F.Cl. The van der Waals surface area contributed by atoms with Crippen molar-refractivity contribution in [2.24, 2.45) is 17.6 Å². The van der Waals surface area contributed by atoms with Crippen LogP contribution in [-0.4, -0.2) is 35.4 Å². The molecular weight excluding hydrogens is 485 g/mol. The number of pyridine rings is 1. The first-order valence-corrected chi connectivity index (χ1v) is 15.9. The van der Waals surface area contributed by atoms with Crippen molar-refractivity contribution in [3.05, 3.63) is 40.7 Å². The van der Waals surface area contributed by atoms with Crippen LogP contribution in [0.3, 0.4) is 0 Å². The van der Waals surface area contributed by atoms with Crippen molar-refractivity contribution in [1.29, 1.82) is 0 Å². The fourth-order valence-corrected chi connectivity index (χ4v) is 5.07. The highest BCUT2D eigenvalue weighted by atomic mass is 35.5. The standard InChI is InChI=1S/C25H36FN5O2Si.ClH/c1-15-21(16(2)31(30-15)14-33-12-13-34(3,4)5)19-10-11-20(28-24(19)26)29-25(32)23(27)22(17-6-7-17)18-8-9-18;/h10-11,17-18H,6-9,12-14,27H2,1-5H3,(H,28,29,32);1H. The third kappa shape index (κ3) is 6.71. The summed E-state index contributed by atoms with van der Waals surface area (Å²) in [6.07, 6.45) is 4.38. The normalized spacial score (nSPS) is 15.5. The number of nitrogens with two attached hydrogens (primary N) is 1. The van der Waals surface area contributed by atoms with Gasteiger partial charge in [-0.3, -0.25) is 4.79 Å². The summed E-state index contributed by atoms with van der Waals surface area (Å²) in [5.41, 5.74) is 10.1. The Hall–Kier alpha value is -2.23. The molecular formula is C25H37ClFN5O2Si. The Morgan fingerprint density at radius 2 is 1.83 bits per heavy atom. The van der Waals surface area contributed by atoms with Crippen LogP contribution < -0.4 is 11.1 Å². The van der Waals surface area contributed by atoms with Crippen LogP contribution in [-0.2, 0) is 16.3 Å². The van der Waals surface area contributed by atoms with Gasteiger partial charge in [0, 0.05) is 31.5 Å². The van der Waals surface area contributed by atoms with Crippen LogP contribution >= 0.6 is 12.4 Å². The van der Waals surface area contributed by atoms with Gasteiger partial charge in [-0.25, -0.2) is 9.67 Å². The first kappa shape index (κ1) is 27.4. The number of aromatic nitrogens is 3. The molecule has 10 heteroatoms. The molecule has 2 heterocycles. The fraction of sp³-hybridized carbons (Fsp3) is 0.560. The number of aryl methyl sites for hydroxylation is 1. The lowest BCUT2D eigenvalue weighted by atomic mass is 10.0. The first-order chi connectivity index (χ1) is 16.0. The van der Waals surface area contributed by atoms with E-state index in [0.29, 0.717) is 42.0 Å². The maximum absolute atomic E-state index is 15.1. The zero-order chi connectivity index (χ0) is 24.6. The summed E-state index contributed by atoms with van der Waals surface area (Å²) in [5.74, 6) is -0.0309. The molecule has 2 aromatic heterocycles. The summed E-state index contributed by atoms with van der Waals surface area (Å²) in [5, 5.41) is 7.21. The number of halogens is 2. The lowest BCUT2D eigenvalue weighted by molar-refractivity contribution is -0.113. The highest BCUT2D eigenvalue weighted by molar-refractivity contribution is 6.76. The van der Waals surface area contributed by atoms with Crippen LogP contribution in [0.4, 0.5) is 10.2 Å². The van der Waals surface area contributed by atoms with Gasteiger partial charge in [-0.05, 0) is 75.1 Å². The van der Waals surface area contributed by atoms with Gasteiger partial charge in [0.15, 0.2) is 0 Å². The maximum atomic E-state index is 15.1. The van der Waals surface area contributed by atoms with Crippen molar-refractivity contribution in [2.45, 2.75) is 71.9 Å². The molecule has 0 aromatic carbocycles. The van der Waals surface area contributed by atoms with Gasteiger partial charge >= 0.3 is 0 Å². The average molecular weight is 522 g/mol. The van der Waals surface area contributed by atoms with Gasteiger partial charge in [0.05, 0.1) is 11.4 Å². The minimum absolute atomic E-state index is 0. The Kier molecular flexibility index (Phi) is 8.44. The molecule has 0 atom stereocenters. The lowest BCUT2D eigenvalue weighted by Crippen LogP contribution is -2.24. The van der Waals surface area contributed by atoms with Gasteiger partial charge < -0.3 is 15.8 Å². The second-order valence-corrected chi connectivity index (χ2v) is 16.4. The number of amides is 1. The zero-order valence-electron chi connectivity index (χ0n) is 21.3. The van der Waals surface area contributed by atoms with E-state index >= 15 is 4.39 Å². The topological polar surface area (TPSA) is 95.1 Å². The van der Waals surface area contributed by atoms with E-state index in [9.17, 15) is 4.79 Å². The third-order valence-electron chi connectivity index (χ3n) is 6.54. The zero-order valence-corrected chi connectivity index (χ0v) is 23.1. The van der Waals surface area contributed by atoms with Crippen molar-refractivity contribution in [3.8, 4) is 11.1 Å². The molecule has 4 rings (SSSR count). The molecule has 0 radical (unpaired) electrons. The number of rotatable bonds is 10. The van der Waals surface area contributed by atoms with E-state index in [1.54, 1.807) is 16.8 Å². The van der Waals surface area contributed by atoms with Crippen molar-refractivity contribution in [3.63, 3.8) is 0 Å². The van der Waals surface area contributed by atoms with Crippen molar-refractivity contribution >= 4 is 32.2 Å². The quantitative estimate of drug-likeness (QED) is 0.189. The van der Waals surface area contributed by atoms with E-state index in [2.05, 4.69) is 35.0 Å². The second-order valence-electron chi connectivity index (χ2n) is 10.8. The van der Waals surface area contributed by atoms with Crippen molar-refractivity contribution in [1.82, 2.24) is 14.8 Å². The molecule has 192 valence electrons. The minimum atomic E-state index is -1.16. The molecule has 2 aliphatic carbocycles. The summed E-state index contributed by atoms with van der Waals surface area (Å²) < 4.78 is 22.6. The number of carbonyl (C=O) groups excluding carboxylic acids is 1. The predicted octanol–water partition coefficient (Wildman–Crippen LogP) is 5.41. The smallest absolute Gasteiger partial charge is 0.272 e. The molecule has 1 amide bonds. The first-order valence-electron chi connectivity index (χ1n) is 12.1. The molecule has 7 nitrogen and oxygen atoms in total. The van der Waals surface area contributed by atoms with E-state index in [1.807, 2.05) is 13.8 Å². The number of ether oxygens (including phenoxy) is 1. The molecule has 0 unspecified atom stereocenters. The average Bonchev–Trinajstić information content (AvgIpc) is 3.67. The molecule has 0 bridgehead atoms. The van der Waals surface area contributed by atoms with Crippen molar-refractivity contribution in [2.75, 3.05) is 11.9 Å². The van der Waals surface area contributed by atoms with Crippen LogP contribution in [0.2, 0.25) is 25.7 Å². The number of nitrogens with one attached hydrogen (secondary N) is 1. The second kappa shape index (κ2) is 10.8. The molecule has 2 fully saturated rings. The van der Waals surface area contributed by atoms with Gasteiger partial charge in [-0.1, -0.05) is 19.6 Å².